The molecule has 10 rings (SSSR count). The van der Waals surface area contributed by atoms with Crippen molar-refractivity contribution in [2.24, 2.45) is 0 Å². The van der Waals surface area contributed by atoms with Gasteiger partial charge in [0, 0.05) is 0 Å². The molecule has 0 N–H and O–H groups in total. The van der Waals surface area contributed by atoms with Gasteiger partial charge in [0.25, 0.3) is 0 Å². The molecule has 10 aromatic rings. The summed E-state index contributed by atoms with van der Waals surface area (Å²) in [6, 6.07) is 82.0. The van der Waals surface area contributed by atoms with Gasteiger partial charge in [0.1, 0.15) is 8.07 Å². The van der Waals surface area contributed by atoms with Gasteiger partial charge in [-0.05, 0) is 138 Å². The molecule has 350 valence electrons. The van der Waals surface area contributed by atoms with E-state index in [4.69, 9.17) is 0 Å². The van der Waals surface area contributed by atoms with Gasteiger partial charge in [-0.25, -0.2) is 0 Å². The molecule has 0 fully saturated rings. The Morgan fingerprint density at radius 3 is 0.676 bits per heavy atom. The molecule has 5 heteroatoms. The van der Waals surface area contributed by atoms with Crippen molar-refractivity contribution in [1.29, 1.82) is 0 Å². The van der Waals surface area contributed by atoms with E-state index in [9.17, 15) is 0 Å². The normalized spacial score (nSPS) is 10.9. The summed E-state index contributed by atoms with van der Waals surface area (Å²) in [6.45, 7) is 16.6. The van der Waals surface area contributed by atoms with Gasteiger partial charge in [0.05, 0.1) is 0 Å². The summed E-state index contributed by atoms with van der Waals surface area (Å²) < 4.78 is 0. The molecule has 0 spiro atoms. The first kappa shape index (κ1) is 54.5. The van der Waals surface area contributed by atoms with Crippen molar-refractivity contribution in [2.45, 2.75) is 48.5 Å². The van der Waals surface area contributed by atoms with E-state index in [1.165, 1.54) is 126 Å². The second-order valence-electron chi connectivity index (χ2n) is 18.5. The van der Waals surface area contributed by atoms with E-state index >= 15 is 0 Å². The van der Waals surface area contributed by atoms with Crippen LogP contribution in [-0.2, 0) is 21.7 Å². The Labute approximate surface area is 456 Å². The maximum atomic E-state index is 2.62. The minimum absolute atomic E-state index is 0. The van der Waals surface area contributed by atoms with Gasteiger partial charge in [-0.3, -0.25) is 0 Å². The monoisotopic (exact) mass is 1030 g/mol. The van der Waals surface area contributed by atoms with E-state index in [1.807, 2.05) is 0 Å². The minimum Gasteiger partial charge on any atom is -1.00 e. The van der Waals surface area contributed by atoms with E-state index in [0.717, 1.165) is 0 Å². The van der Waals surface area contributed by atoms with Crippen LogP contribution in [0.1, 0.15) is 38.9 Å². The zero-order valence-corrected chi connectivity index (χ0v) is 46.2. The third-order valence-corrected chi connectivity index (χ3v) is 19.8. The third-order valence-electron chi connectivity index (χ3n) is 14.6. The fourth-order valence-corrected chi connectivity index (χ4v) is 17.4. The predicted octanol–water partition coefficient (Wildman–Crippen LogP) is 5.95. The van der Waals surface area contributed by atoms with Crippen LogP contribution in [0.25, 0.3) is 66.8 Å². The van der Waals surface area contributed by atoms with Crippen molar-refractivity contribution >= 4 is 28.8 Å². The Balaban J connectivity index is 0.00000206. The fourth-order valence-electron chi connectivity index (χ4n) is 11.0. The smallest absolute Gasteiger partial charge is 1.00 e. The first-order valence-corrected chi connectivity index (χ1v) is 25.7. The average Bonchev–Trinajstić information content (AvgIpc) is 3.57. The quantitative estimate of drug-likeness (QED) is 0.0904. The maximum Gasteiger partial charge on any atom is 4.00 e. The fraction of sp³-hybridized carbons (Fsp3) is 0.106. The number of halogens is 3. The molecule has 0 saturated carbocycles. The summed E-state index contributed by atoms with van der Waals surface area (Å²) in [5, 5.41) is 5.69. The second-order valence-corrected chi connectivity index (χ2v) is 22.1. The van der Waals surface area contributed by atoms with Crippen LogP contribution in [0.15, 0.2) is 218 Å². The van der Waals surface area contributed by atoms with Crippen molar-refractivity contribution in [3.63, 3.8) is 0 Å². The van der Waals surface area contributed by atoms with Crippen molar-refractivity contribution in [3.8, 4) is 66.8 Å². The standard InChI is InChI=1S/C66H57Si.3ClH.Ti/c1-44-38-63(60(54-32-20-11-21-33-54)41-57(44)51-26-14-8-15-27-51)67(66-49(6)47(4)48(5)50(66)7,64-39-45(2)58(52-28-16-9-17-29-52)42-61(64)55-34-22-12-23-35-55)65-40-46(3)59(53-30-18-10-19-31-53)43-62(65)56-36-24-13-25-37-56;;;;/h8-43H,1-7H3;3*1H;/q-1;;;;+4/p-3. The van der Waals surface area contributed by atoms with E-state index < -0.39 is 8.07 Å². The topological polar surface area (TPSA) is 0 Å². The largest absolute Gasteiger partial charge is 4.00 e. The molecule has 0 saturated heterocycles. The van der Waals surface area contributed by atoms with Crippen molar-refractivity contribution in [2.75, 3.05) is 0 Å². The zero-order valence-electron chi connectivity index (χ0n) is 41.4. The van der Waals surface area contributed by atoms with E-state index in [2.05, 4.69) is 267 Å². The third kappa shape index (κ3) is 9.90. The number of hydrogen-bond donors (Lipinski definition) is 0. The van der Waals surface area contributed by atoms with Gasteiger partial charge in [-0.1, -0.05) is 228 Å². The van der Waals surface area contributed by atoms with E-state index in [0.29, 0.717) is 0 Å². The average molecular weight is 1030 g/mol. The van der Waals surface area contributed by atoms with Crippen LogP contribution in [0.5, 0.6) is 0 Å². The summed E-state index contributed by atoms with van der Waals surface area (Å²) in [7, 11) is -3.55. The van der Waals surface area contributed by atoms with Crippen molar-refractivity contribution in [3.05, 3.63) is 257 Å². The Morgan fingerprint density at radius 1 is 0.268 bits per heavy atom. The van der Waals surface area contributed by atoms with Crippen LogP contribution in [-0.4, -0.2) is 8.07 Å². The van der Waals surface area contributed by atoms with Crippen LogP contribution < -0.4 is 58.0 Å². The van der Waals surface area contributed by atoms with Gasteiger partial charge in [-0.15, -0.1) is 5.19 Å². The van der Waals surface area contributed by atoms with Gasteiger partial charge >= 0.3 is 21.7 Å². The zero-order chi connectivity index (χ0) is 46.2. The summed E-state index contributed by atoms with van der Waals surface area (Å²) in [5.74, 6) is 0. The Kier molecular flexibility index (Phi) is 17.7. The molecule has 0 radical (unpaired) electrons. The molecule has 10 aromatic carbocycles. The van der Waals surface area contributed by atoms with E-state index in [1.54, 1.807) is 0 Å². The number of rotatable bonds is 10. The first-order valence-electron chi connectivity index (χ1n) is 23.7. The molecule has 0 aliphatic heterocycles. The number of benzene rings is 9. The van der Waals surface area contributed by atoms with Crippen LogP contribution in [0.2, 0.25) is 0 Å². The molecule has 71 heavy (non-hydrogen) atoms. The molecule has 0 aliphatic rings. The molecule has 0 heterocycles. The van der Waals surface area contributed by atoms with Crippen LogP contribution >= 0.6 is 0 Å². The summed E-state index contributed by atoms with van der Waals surface area (Å²) in [6.07, 6.45) is 0. The van der Waals surface area contributed by atoms with Crippen molar-refractivity contribution in [1.82, 2.24) is 0 Å². The second kappa shape index (κ2) is 23.1. The molecule has 0 nitrogen and oxygen atoms in total. The van der Waals surface area contributed by atoms with Gasteiger partial charge in [0.2, 0.25) is 0 Å². The Hall–Kier alpha value is -5.87. The van der Waals surface area contributed by atoms with Crippen LogP contribution in [0, 0.1) is 48.5 Å². The molecule has 0 amide bonds. The number of hydrogen-bond acceptors (Lipinski definition) is 0. The Morgan fingerprint density at radius 2 is 0.465 bits per heavy atom. The van der Waals surface area contributed by atoms with Crippen LogP contribution in [0.4, 0.5) is 0 Å². The predicted molar refractivity (Wildman–Crippen MR) is 291 cm³/mol. The SMILES string of the molecule is Cc1cc([Si](c2cc(C)c(-c3ccccc3)cc2-c2ccccc2)(c2cc(C)c(-c3ccccc3)cc2-c2ccccc2)[c-]2c(C)c(C)c(C)c2C)c(-c2ccccc2)cc1-c1ccccc1.[Cl-].[Cl-].[Cl-].[Ti+4]. The minimum atomic E-state index is -3.55. The van der Waals surface area contributed by atoms with Crippen LogP contribution in [0.3, 0.4) is 0 Å². The van der Waals surface area contributed by atoms with Gasteiger partial charge < -0.3 is 37.2 Å². The Bertz CT molecular complexity index is 3040. The van der Waals surface area contributed by atoms with Gasteiger partial charge in [0.15, 0.2) is 0 Å². The molecule has 0 atom stereocenters. The summed E-state index contributed by atoms with van der Waals surface area (Å²) >= 11 is 0. The maximum absolute atomic E-state index is 3.55. The summed E-state index contributed by atoms with van der Waals surface area (Å²) in [5.41, 5.74) is 24.3. The number of aryl methyl sites for hydroxylation is 3. The first-order chi connectivity index (χ1) is 32.7. The van der Waals surface area contributed by atoms with Gasteiger partial charge in [-0.2, -0.15) is 22.3 Å². The van der Waals surface area contributed by atoms with Crippen molar-refractivity contribution < 1.29 is 58.9 Å². The molecule has 0 bridgehead atoms. The van der Waals surface area contributed by atoms with E-state index in [-0.39, 0.29) is 58.9 Å². The molecule has 0 aliphatic carbocycles. The summed E-state index contributed by atoms with van der Waals surface area (Å²) in [4.78, 5) is 0. The molecular formula is C66H57Cl3SiTi. The molecular weight excluding hydrogens is 975 g/mol. The molecule has 0 aromatic heterocycles. The molecule has 0 unspecified atom stereocenters.